The van der Waals surface area contributed by atoms with Gasteiger partial charge in [-0.3, -0.25) is 4.79 Å². The smallest absolute Gasteiger partial charge is 0.251 e. The molecule has 0 saturated heterocycles. The van der Waals surface area contributed by atoms with Crippen molar-refractivity contribution in [3.63, 3.8) is 0 Å². The van der Waals surface area contributed by atoms with Crippen LogP contribution in [0.5, 0.6) is 5.75 Å². The van der Waals surface area contributed by atoms with Gasteiger partial charge in [0.2, 0.25) is 10.0 Å². The summed E-state index contributed by atoms with van der Waals surface area (Å²) in [5, 5.41) is 2.90. The first kappa shape index (κ1) is 19.4. The molecular weight excluding hydrogens is 364 g/mol. The zero-order valence-corrected chi connectivity index (χ0v) is 16.3. The van der Waals surface area contributed by atoms with Crippen molar-refractivity contribution in [2.75, 3.05) is 6.61 Å². The van der Waals surface area contributed by atoms with Gasteiger partial charge in [0.1, 0.15) is 5.75 Å². The van der Waals surface area contributed by atoms with E-state index in [4.69, 9.17) is 4.74 Å². The Morgan fingerprint density at radius 2 is 1.89 bits per heavy atom. The summed E-state index contributed by atoms with van der Waals surface area (Å²) in [7, 11) is -3.59. The second-order valence-electron chi connectivity index (χ2n) is 6.62. The summed E-state index contributed by atoms with van der Waals surface area (Å²) >= 11 is 0. The zero-order chi connectivity index (χ0) is 19.4. The number of hydrogen-bond acceptors (Lipinski definition) is 4. The first-order chi connectivity index (χ1) is 12.9. The normalized spacial score (nSPS) is 15.2. The van der Waals surface area contributed by atoms with Crippen molar-refractivity contribution in [3.8, 4) is 5.75 Å². The van der Waals surface area contributed by atoms with E-state index in [1.54, 1.807) is 12.1 Å². The molecule has 2 aromatic carbocycles. The summed E-state index contributed by atoms with van der Waals surface area (Å²) in [6, 6.07) is 13.4. The van der Waals surface area contributed by atoms with Gasteiger partial charge in [0, 0.05) is 11.6 Å². The van der Waals surface area contributed by atoms with Crippen molar-refractivity contribution in [2.24, 2.45) is 0 Å². The van der Waals surface area contributed by atoms with Gasteiger partial charge in [-0.1, -0.05) is 18.2 Å². The molecule has 1 saturated carbocycles. The fourth-order valence-electron chi connectivity index (χ4n) is 2.68. The number of sulfonamides is 1. The molecule has 0 radical (unpaired) electrons. The van der Waals surface area contributed by atoms with Gasteiger partial charge >= 0.3 is 0 Å². The van der Waals surface area contributed by atoms with Crippen LogP contribution >= 0.6 is 0 Å². The van der Waals surface area contributed by atoms with Crippen LogP contribution < -0.4 is 14.8 Å². The summed E-state index contributed by atoms with van der Waals surface area (Å²) in [6.07, 6.45) is 1.72. The Kier molecular flexibility index (Phi) is 5.82. The summed E-state index contributed by atoms with van der Waals surface area (Å²) in [5.74, 6) is 0.459. The predicted molar refractivity (Wildman–Crippen MR) is 103 cm³/mol. The van der Waals surface area contributed by atoms with Crippen molar-refractivity contribution < 1.29 is 17.9 Å². The molecule has 3 rings (SSSR count). The molecule has 1 aliphatic rings. The second kappa shape index (κ2) is 8.10. The van der Waals surface area contributed by atoms with E-state index in [-0.39, 0.29) is 22.9 Å². The van der Waals surface area contributed by atoms with Gasteiger partial charge in [0.25, 0.3) is 5.91 Å². The molecule has 0 heterocycles. The fourth-order valence-corrected chi connectivity index (χ4v) is 4.03. The third-order valence-electron chi connectivity index (χ3n) is 4.34. The number of nitrogens with one attached hydrogen (secondary N) is 2. The first-order valence-corrected chi connectivity index (χ1v) is 10.5. The lowest BCUT2D eigenvalue weighted by Crippen LogP contribution is -2.28. The van der Waals surface area contributed by atoms with Gasteiger partial charge in [0.05, 0.1) is 17.5 Å². The van der Waals surface area contributed by atoms with Crippen LogP contribution in [0.15, 0.2) is 53.4 Å². The van der Waals surface area contributed by atoms with Crippen molar-refractivity contribution in [2.45, 2.75) is 43.7 Å². The van der Waals surface area contributed by atoms with E-state index in [0.717, 1.165) is 24.2 Å². The number of carbonyl (C=O) groups is 1. The Bertz CT molecular complexity index is 906. The topological polar surface area (TPSA) is 84.5 Å². The van der Waals surface area contributed by atoms with E-state index in [2.05, 4.69) is 10.0 Å². The molecule has 1 aliphatic carbocycles. The average Bonchev–Trinajstić information content (AvgIpc) is 3.46. The number of rotatable bonds is 8. The molecule has 144 valence electrons. The zero-order valence-electron chi connectivity index (χ0n) is 15.4. The highest BCUT2D eigenvalue weighted by Crippen LogP contribution is 2.23. The highest BCUT2D eigenvalue weighted by atomic mass is 32.2. The van der Waals surface area contributed by atoms with Gasteiger partial charge in [0.15, 0.2) is 0 Å². The fraction of sp³-hybridized carbons (Fsp3) is 0.350. The minimum Gasteiger partial charge on any atom is -0.494 e. The van der Waals surface area contributed by atoms with Crippen LogP contribution in [-0.4, -0.2) is 27.0 Å². The van der Waals surface area contributed by atoms with Gasteiger partial charge in [-0.15, -0.1) is 0 Å². The van der Waals surface area contributed by atoms with Gasteiger partial charge in [-0.05, 0) is 62.6 Å². The SMILES string of the molecule is CCOc1ccc(C(C)NC(=O)c2cccc(S(=O)(=O)NC3CC3)c2)cc1. The van der Waals surface area contributed by atoms with Crippen LogP contribution in [0.25, 0.3) is 0 Å². The average molecular weight is 388 g/mol. The van der Waals surface area contributed by atoms with Gasteiger partial charge in [-0.25, -0.2) is 13.1 Å². The molecule has 0 bridgehead atoms. The van der Waals surface area contributed by atoms with Crippen LogP contribution in [0.1, 0.15) is 48.7 Å². The summed E-state index contributed by atoms with van der Waals surface area (Å²) in [5.41, 5.74) is 1.25. The Balaban J connectivity index is 1.69. The molecule has 0 spiro atoms. The van der Waals surface area contributed by atoms with Crippen molar-refractivity contribution >= 4 is 15.9 Å². The third kappa shape index (κ3) is 5.08. The standard InChI is InChI=1S/C20H24N2O4S/c1-3-26-18-11-7-15(8-12-18)14(2)21-20(23)16-5-4-6-19(13-16)27(24,25)22-17-9-10-17/h4-8,11-14,17,22H,3,9-10H2,1-2H3,(H,21,23). The molecule has 0 aliphatic heterocycles. The lowest BCUT2D eigenvalue weighted by molar-refractivity contribution is 0.0939. The van der Waals surface area contributed by atoms with Crippen molar-refractivity contribution in [1.29, 1.82) is 0 Å². The van der Waals surface area contributed by atoms with Gasteiger partial charge in [-0.2, -0.15) is 0 Å². The molecule has 0 aromatic heterocycles. The van der Waals surface area contributed by atoms with Crippen LogP contribution in [0.3, 0.4) is 0 Å². The Morgan fingerprint density at radius 3 is 2.52 bits per heavy atom. The van der Waals surface area contributed by atoms with Crippen molar-refractivity contribution in [3.05, 3.63) is 59.7 Å². The minimum atomic E-state index is -3.59. The molecule has 7 heteroatoms. The number of carbonyl (C=O) groups excluding carboxylic acids is 1. The van der Waals surface area contributed by atoms with E-state index in [1.165, 1.54) is 12.1 Å². The van der Waals surface area contributed by atoms with Crippen LogP contribution in [0.4, 0.5) is 0 Å². The van der Waals surface area contributed by atoms with Crippen molar-refractivity contribution in [1.82, 2.24) is 10.0 Å². The minimum absolute atomic E-state index is 0.0205. The van der Waals surface area contributed by atoms with Crippen LogP contribution in [0.2, 0.25) is 0 Å². The molecule has 1 fully saturated rings. The summed E-state index contributed by atoms with van der Waals surface area (Å²) in [4.78, 5) is 12.7. The highest BCUT2D eigenvalue weighted by Gasteiger charge is 2.28. The Hall–Kier alpha value is -2.38. The predicted octanol–water partition coefficient (Wildman–Crippen LogP) is 3.02. The van der Waals surface area contributed by atoms with Gasteiger partial charge < -0.3 is 10.1 Å². The summed E-state index contributed by atoms with van der Waals surface area (Å²) < 4.78 is 32.7. The number of hydrogen-bond donors (Lipinski definition) is 2. The molecule has 1 atom stereocenters. The highest BCUT2D eigenvalue weighted by molar-refractivity contribution is 7.89. The summed E-state index contributed by atoms with van der Waals surface area (Å²) in [6.45, 7) is 4.40. The number of benzene rings is 2. The first-order valence-electron chi connectivity index (χ1n) is 9.05. The Morgan fingerprint density at radius 1 is 1.19 bits per heavy atom. The van der Waals surface area contributed by atoms with Crippen LogP contribution in [0, 0.1) is 0 Å². The number of ether oxygens (including phenoxy) is 1. The monoisotopic (exact) mass is 388 g/mol. The molecule has 6 nitrogen and oxygen atoms in total. The van der Waals surface area contributed by atoms with E-state index in [1.807, 2.05) is 38.1 Å². The lowest BCUT2D eigenvalue weighted by Gasteiger charge is -2.15. The second-order valence-corrected chi connectivity index (χ2v) is 8.33. The van der Waals surface area contributed by atoms with E-state index in [9.17, 15) is 13.2 Å². The molecular formula is C20H24N2O4S. The maximum Gasteiger partial charge on any atom is 0.251 e. The lowest BCUT2D eigenvalue weighted by atomic mass is 10.1. The quantitative estimate of drug-likeness (QED) is 0.728. The van der Waals surface area contributed by atoms with E-state index < -0.39 is 10.0 Å². The van der Waals surface area contributed by atoms with Crippen LogP contribution in [-0.2, 0) is 10.0 Å². The van der Waals surface area contributed by atoms with E-state index >= 15 is 0 Å². The maximum absolute atomic E-state index is 12.6. The molecule has 2 aromatic rings. The maximum atomic E-state index is 12.6. The third-order valence-corrected chi connectivity index (χ3v) is 5.86. The molecule has 1 unspecified atom stereocenters. The number of amides is 1. The molecule has 27 heavy (non-hydrogen) atoms. The largest absolute Gasteiger partial charge is 0.494 e. The van der Waals surface area contributed by atoms with E-state index in [0.29, 0.717) is 12.2 Å². The molecule has 2 N–H and O–H groups in total. The Labute approximate surface area is 160 Å². The molecule has 1 amide bonds.